The van der Waals surface area contributed by atoms with E-state index in [4.69, 9.17) is 10.8 Å². The highest BCUT2D eigenvalue weighted by Gasteiger charge is 2.21. The van der Waals surface area contributed by atoms with Crippen LogP contribution in [0.1, 0.15) is 6.92 Å². The first-order chi connectivity index (χ1) is 7.74. The molecular formula is C9H12Br2N2O3S. The average Bonchev–Trinajstić information content (AvgIpc) is 2.12. The normalized spacial score (nSPS) is 13.6. The predicted molar refractivity (Wildman–Crippen MR) is 73.1 cm³/mol. The van der Waals surface area contributed by atoms with Crippen LogP contribution in [0.4, 0.5) is 5.69 Å². The molecule has 1 aromatic carbocycles. The van der Waals surface area contributed by atoms with Gasteiger partial charge < -0.3 is 10.8 Å². The molecule has 5 nitrogen and oxygen atoms in total. The van der Waals surface area contributed by atoms with Gasteiger partial charge in [0.25, 0.3) is 0 Å². The number of nitrogen functional groups attached to an aromatic ring is 1. The molecule has 0 bridgehead atoms. The van der Waals surface area contributed by atoms with Crippen LogP contribution in [0.5, 0.6) is 0 Å². The highest BCUT2D eigenvalue weighted by atomic mass is 79.9. The summed E-state index contributed by atoms with van der Waals surface area (Å²) in [5.74, 6) is 0. The zero-order valence-electron chi connectivity index (χ0n) is 8.94. The van der Waals surface area contributed by atoms with Gasteiger partial charge in [0.15, 0.2) is 0 Å². The van der Waals surface area contributed by atoms with Crippen LogP contribution in [0.15, 0.2) is 26.0 Å². The molecule has 8 heteroatoms. The molecule has 0 fully saturated rings. The van der Waals surface area contributed by atoms with Crippen LogP contribution in [0, 0.1) is 0 Å². The van der Waals surface area contributed by atoms with Crippen molar-refractivity contribution in [3.8, 4) is 0 Å². The molecule has 0 heterocycles. The average molecular weight is 388 g/mol. The van der Waals surface area contributed by atoms with Gasteiger partial charge in [-0.05, 0) is 35.0 Å². The number of aliphatic hydroxyl groups excluding tert-OH is 1. The number of sulfonamides is 1. The summed E-state index contributed by atoms with van der Waals surface area (Å²) in [5, 5.41) is 9.07. The van der Waals surface area contributed by atoms with Gasteiger partial charge in [-0.1, -0.05) is 15.9 Å². The molecule has 0 aromatic heterocycles. The summed E-state index contributed by atoms with van der Waals surface area (Å²) >= 11 is 6.36. The Labute approximate surface area is 117 Å². The molecule has 17 heavy (non-hydrogen) atoms. The van der Waals surface area contributed by atoms with Crippen molar-refractivity contribution in [3.63, 3.8) is 0 Å². The molecule has 1 aromatic rings. The number of hydrogen-bond acceptors (Lipinski definition) is 4. The first kappa shape index (κ1) is 14.9. The molecule has 0 amide bonds. The van der Waals surface area contributed by atoms with Gasteiger partial charge >= 0.3 is 0 Å². The Kier molecular flexibility index (Phi) is 4.96. The Bertz CT molecular complexity index is 494. The summed E-state index contributed by atoms with van der Waals surface area (Å²) in [6.07, 6.45) is -0.764. The van der Waals surface area contributed by atoms with Crippen molar-refractivity contribution in [2.45, 2.75) is 17.9 Å². The van der Waals surface area contributed by atoms with Crippen molar-refractivity contribution in [2.75, 3.05) is 12.3 Å². The summed E-state index contributed by atoms with van der Waals surface area (Å²) in [7, 11) is -3.74. The molecule has 1 rings (SSSR count). The van der Waals surface area contributed by atoms with E-state index >= 15 is 0 Å². The second kappa shape index (κ2) is 5.66. The fraction of sp³-hybridized carbons (Fsp3) is 0.333. The lowest BCUT2D eigenvalue weighted by Crippen LogP contribution is -2.31. The first-order valence-electron chi connectivity index (χ1n) is 4.66. The van der Waals surface area contributed by atoms with Gasteiger partial charge in [-0.25, -0.2) is 13.1 Å². The van der Waals surface area contributed by atoms with Gasteiger partial charge in [-0.15, -0.1) is 0 Å². The third-order valence-electron chi connectivity index (χ3n) is 1.87. The lowest BCUT2D eigenvalue weighted by atomic mass is 10.3. The van der Waals surface area contributed by atoms with Gasteiger partial charge in [-0.3, -0.25) is 0 Å². The van der Waals surface area contributed by atoms with E-state index < -0.39 is 16.1 Å². The van der Waals surface area contributed by atoms with Gasteiger partial charge in [0, 0.05) is 15.5 Å². The zero-order chi connectivity index (χ0) is 13.2. The highest BCUT2D eigenvalue weighted by Crippen LogP contribution is 2.31. The van der Waals surface area contributed by atoms with Gasteiger partial charge in [-0.2, -0.15) is 0 Å². The van der Waals surface area contributed by atoms with Crippen LogP contribution >= 0.6 is 31.9 Å². The summed E-state index contributed by atoms with van der Waals surface area (Å²) in [6.45, 7) is 1.42. The van der Waals surface area contributed by atoms with E-state index in [1.807, 2.05) is 0 Å². The summed E-state index contributed by atoms with van der Waals surface area (Å²) in [5.41, 5.74) is 5.80. The molecule has 1 atom stereocenters. The van der Waals surface area contributed by atoms with E-state index in [0.29, 0.717) is 8.95 Å². The topological polar surface area (TPSA) is 92.4 Å². The molecule has 4 N–H and O–H groups in total. The number of nitrogens with one attached hydrogen (secondary N) is 1. The fourth-order valence-corrected chi connectivity index (χ4v) is 4.35. The number of aliphatic hydroxyl groups is 1. The van der Waals surface area contributed by atoms with Crippen LogP contribution in [0.25, 0.3) is 0 Å². The Hall–Kier alpha value is -0.150. The van der Waals surface area contributed by atoms with Crippen LogP contribution in [-0.4, -0.2) is 26.2 Å². The van der Waals surface area contributed by atoms with Crippen LogP contribution in [0.3, 0.4) is 0 Å². The molecule has 0 aliphatic rings. The Morgan fingerprint density at radius 1 is 1.47 bits per heavy atom. The minimum absolute atomic E-state index is 0.0265. The van der Waals surface area contributed by atoms with E-state index in [9.17, 15) is 8.42 Å². The van der Waals surface area contributed by atoms with Crippen molar-refractivity contribution in [3.05, 3.63) is 21.1 Å². The Balaban J connectivity index is 3.16. The molecular weight excluding hydrogens is 376 g/mol. The second-order valence-electron chi connectivity index (χ2n) is 3.51. The van der Waals surface area contributed by atoms with Crippen molar-refractivity contribution in [2.24, 2.45) is 0 Å². The van der Waals surface area contributed by atoms with Crippen molar-refractivity contribution < 1.29 is 13.5 Å². The number of rotatable bonds is 4. The number of anilines is 1. The van der Waals surface area contributed by atoms with Crippen molar-refractivity contribution in [1.82, 2.24) is 4.72 Å². The summed E-state index contributed by atoms with van der Waals surface area (Å²) in [6, 6.07) is 3.09. The van der Waals surface area contributed by atoms with Crippen LogP contribution < -0.4 is 10.5 Å². The van der Waals surface area contributed by atoms with E-state index in [0.717, 1.165) is 0 Å². The number of halogens is 2. The van der Waals surface area contributed by atoms with Gasteiger partial charge in [0.05, 0.1) is 11.8 Å². The summed E-state index contributed by atoms with van der Waals surface area (Å²) in [4.78, 5) is -0.0265. The van der Waals surface area contributed by atoms with E-state index in [2.05, 4.69) is 36.6 Å². The number of hydrogen-bond donors (Lipinski definition) is 3. The molecule has 96 valence electrons. The van der Waals surface area contributed by atoms with Crippen molar-refractivity contribution in [1.29, 1.82) is 0 Å². The molecule has 0 saturated carbocycles. The van der Waals surface area contributed by atoms with E-state index in [-0.39, 0.29) is 17.1 Å². The smallest absolute Gasteiger partial charge is 0.243 e. The molecule has 0 aliphatic carbocycles. The minimum Gasteiger partial charge on any atom is -0.398 e. The monoisotopic (exact) mass is 386 g/mol. The molecule has 0 aliphatic heterocycles. The lowest BCUT2D eigenvalue weighted by Gasteiger charge is -2.12. The first-order valence-corrected chi connectivity index (χ1v) is 7.73. The molecule has 0 saturated heterocycles. The Morgan fingerprint density at radius 2 is 2.06 bits per heavy atom. The number of benzene rings is 1. The zero-order valence-corrected chi connectivity index (χ0v) is 12.9. The van der Waals surface area contributed by atoms with Crippen molar-refractivity contribution >= 4 is 47.6 Å². The fourth-order valence-electron chi connectivity index (χ4n) is 1.17. The summed E-state index contributed by atoms with van der Waals surface area (Å²) < 4.78 is 27.2. The molecule has 0 unspecified atom stereocenters. The quantitative estimate of drug-likeness (QED) is 0.681. The third-order valence-corrected chi connectivity index (χ3v) is 4.76. The van der Waals surface area contributed by atoms with E-state index in [1.54, 1.807) is 6.07 Å². The standard InChI is InChI=1S/C9H12Br2N2O3S/c1-5(14)4-13-17(15,16)9-7(11)2-6(10)3-8(9)12/h2-3,5,13-14H,4,12H2,1H3/t5-/m1/s1. The SMILES string of the molecule is C[C@@H](O)CNS(=O)(=O)c1c(N)cc(Br)cc1Br. The van der Waals surface area contributed by atoms with Gasteiger partial charge in [0.2, 0.25) is 10.0 Å². The maximum Gasteiger partial charge on any atom is 0.243 e. The maximum absolute atomic E-state index is 11.9. The van der Waals surface area contributed by atoms with E-state index in [1.165, 1.54) is 13.0 Å². The van der Waals surface area contributed by atoms with Crippen LogP contribution in [0.2, 0.25) is 0 Å². The van der Waals surface area contributed by atoms with Gasteiger partial charge in [0.1, 0.15) is 4.90 Å². The molecule has 0 spiro atoms. The third kappa shape index (κ3) is 3.92. The largest absolute Gasteiger partial charge is 0.398 e. The predicted octanol–water partition coefficient (Wildman–Crippen LogP) is 1.45. The second-order valence-corrected chi connectivity index (χ2v) is 6.98. The highest BCUT2D eigenvalue weighted by molar-refractivity contribution is 9.11. The minimum atomic E-state index is -3.74. The lowest BCUT2D eigenvalue weighted by molar-refractivity contribution is 0.198. The maximum atomic E-state index is 11.9. The molecule has 0 radical (unpaired) electrons. The Morgan fingerprint density at radius 3 is 2.53 bits per heavy atom. The van der Waals surface area contributed by atoms with Crippen LogP contribution in [-0.2, 0) is 10.0 Å². The number of nitrogens with two attached hydrogens (primary N) is 1.